The van der Waals surface area contributed by atoms with Gasteiger partial charge in [0.2, 0.25) is 0 Å². The fourth-order valence-electron chi connectivity index (χ4n) is 0.950. The largest absolute Gasteiger partial charge is 0.472 e. The van der Waals surface area contributed by atoms with Crippen LogP contribution in [0.2, 0.25) is 0 Å². The van der Waals surface area contributed by atoms with Gasteiger partial charge >= 0.3 is 0 Å². The maximum Gasteiger partial charge on any atom is 0.0950 e. The average molecular weight is 188 g/mol. The fraction of sp³-hybridized carbons (Fsp3) is 0.333. The second-order valence-electron chi connectivity index (χ2n) is 2.53. The van der Waals surface area contributed by atoms with Crippen LogP contribution in [-0.2, 0) is 0 Å². The van der Waals surface area contributed by atoms with E-state index in [-0.39, 0.29) is 18.4 Å². The van der Waals surface area contributed by atoms with Gasteiger partial charge in [-0.2, -0.15) is 0 Å². The highest BCUT2D eigenvalue weighted by atomic mass is 35.5. The first-order chi connectivity index (χ1) is 5.34. The van der Waals surface area contributed by atoms with Crippen molar-refractivity contribution >= 4 is 12.4 Å². The molecule has 1 aromatic heterocycles. The molecule has 0 bridgehead atoms. The molecule has 1 atom stereocenters. The lowest BCUT2D eigenvalue weighted by Crippen LogP contribution is -2.08. The Morgan fingerprint density at radius 3 is 2.92 bits per heavy atom. The third-order valence-corrected chi connectivity index (χ3v) is 1.65. The maximum atomic E-state index is 5.82. The van der Waals surface area contributed by atoms with Gasteiger partial charge < -0.3 is 10.2 Å². The topological polar surface area (TPSA) is 39.2 Å². The van der Waals surface area contributed by atoms with E-state index in [1.54, 1.807) is 12.5 Å². The van der Waals surface area contributed by atoms with E-state index in [2.05, 4.69) is 6.58 Å². The summed E-state index contributed by atoms with van der Waals surface area (Å²) < 4.78 is 4.91. The molecule has 12 heavy (non-hydrogen) atoms. The van der Waals surface area contributed by atoms with E-state index < -0.39 is 0 Å². The zero-order valence-corrected chi connectivity index (χ0v) is 7.72. The van der Waals surface area contributed by atoms with E-state index in [1.807, 2.05) is 12.1 Å². The lowest BCUT2D eigenvalue weighted by atomic mass is 10.1. The Labute approximate surface area is 78.9 Å². The van der Waals surface area contributed by atoms with Crippen LogP contribution in [-0.4, -0.2) is 0 Å². The van der Waals surface area contributed by atoms with Crippen molar-refractivity contribution in [3.05, 3.63) is 36.8 Å². The minimum absolute atomic E-state index is 0. The van der Waals surface area contributed by atoms with Crippen molar-refractivity contribution in [1.82, 2.24) is 0 Å². The molecule has 2 N–H and O–H groups in total. The second-order valence-corrected chi connectivity index (χ2v) is 2.53. The molecule has 1 rings (SSSR count). The van der Waals surface area contributed by atoms with Gasteiger partial charge in [0.1, 0.15) is 0 Å². The first-order valence-corrected chi connectivity index (χ1v) is 3.73. The molecular weight excluding hydrogens is 174 g/mol. The molecule has 68 valence electrons. The van der Waals surface area contributed by atoms with Gasteiger partial charge in [0.05, 0.1) is 12.5 Å². The minimum Gasteiger partial charge on any atom is -0.472 e. The summed E-state index contributed by atoms with van der Waals surface area (Å²) in [5.74, 6) is 0. The Kier molecular flexibility index (Phi) is 5.51. The van der Waals surface area contributed by atoms with Gasteiger partial charge in [0.15, 0.2) is 0 Å². The van der Waals surface area contributed by atoms with Crippen LogP contribution in [0.3, 0.4) is 0 Å². The summed E-state index contributed by atoms with van der Waals surface area (Å²) in [6, 6.07) is 1.99. The van der Waals surface area contributed by atoms with Gasteiger partial charge in [-0.3, -0.25) is 0 Å². The quantitative estimate of drug-likeness (QED) is 0.737. The van der Waals surface area contributed by atoms with Crippen LogP contribution < -0.4 is 5.73 Å². The van der Waals surface area contributed by atoms with Crippen molar-refractivity contribution in [1.29, 1.82) is 0 Å². The lowest BCUT2D eigenvalue weighted by Gasteiger charge is -2.05. The SMILES string of the molecule is C=CCC[C@@H](N)c1ccoc1.Cl. The first-order valence-electron chi connectivity index (χ1n) is 3.73. The highest BCUT2D eigenvalue weighted by molar-refractivity contribution is 5.85. The van der Waals surface area contributed by atoms with Gasteiger partial charge in [0.25, 0.3) is 0 Å². The molecule has 0 saturated carbocycles. The van der Waals surface area contributed by atoms with Crippen molar-refractivity contribution in [3.8, 4) is 0 Å². The molecule has 1 heterocycles. The minimum atomic E-state index is 0. The van der Waals surface area contributed by atoms with Crippen LogP contribution in [0.25, 0.3) is 0 Å². The average Bonchev–Trinajstić information content (AvgIpc) is 2.52. The molecule has 2 nitrogen and oxygen atoms in total. The van der Waals surface area contributed by atoms with Crippen LogP contribution >= 0.6 is 12.4 Å². The molecule has 0 saturated heterocycles. The molecule has 0 fully saturated rings. The van der Waals surface area contributed by atoms with Crippen LogP contribution in [0.1, 0.15) is 24.4 Å². The van der Waals surface area contributed by atoms with E-state index in [0.717, 1.165) is 18.4 Å². The van der Waals surface area contributed by atoms with Crippen molar-refractivity contribution < 1.29 is 4.42 Å². The van der Waals surface area contributed by atoms with Gasteiger partial charge in [-0.15, -0.1) is 19.0 Å². The predicted molar refractivity (Wildman–Crippen MR) is 52.3 cm³/mol. The van der Waals surface area contributed by atoms with E-state index in [4.69, 9.17) is 10.2 Å². The number of furan rings is 1. The van der Waals surface area contributed by atoms with Crippen molar-refractivity contribution in [2.45, 2.75) is 18.9 Å². The van der Waals surface area contributed by atoms with Crippen LogP contribution in [0, 0.1) is 0 Å². The molecule has 3 heteroatoms. The van der Waals surface area contributed by atoms with Crippen molar-refractivity contribution in [2.75, 3.05) is 0 Å². The summed E-state index contributed by atoms with van der Waals surface area (Å²) in [5, 5.41) is 0. The molecule has 0 aliphatic carbocycles. The fourth-order valence-corrected chi connectivity index (χ4v) is 0.950. The number of allylic oxidation sites excluding steroid dienone is 1. The Bertz CT molecular complexity index is 208. The number of hydrogen-bond acceptors (Lipinski definition) is 2. The molecule has 0 aromatic carbocycles. The first kappa shape index (κ1) is 11.3. The molecule has 0 aliphatic heterocycles. The Balaban J connectivity index is 0.00000121. The summed E-state index contributed by atoms with van der Waals surface area (Å²) in [7, 11) is 0. The summed E-state index contributed by atoms with van der Waals surface area (Å²) in [4.78, 5) is 0. The summed E-state index contributed by atoms with van der Waals surface area (Å²) >= 11 is 0. The number of hydrogen-bond donors (Lipinski definition) is 1. The van der Waals surface area contributed by atoms with Gasteiger partial charge in [0, 0.05) is 11.6 Å². The Hall–Kier alpha value is -0.730. The maximum absolute atomic E-state index is 5.82. The van der Waals surface area contributed by atoms with Gasteiger partial charge in [-0.1, -0.05) is 6.08 Å². The smallest absolute Gasteiger partial charge is 0.0950 e. The van der Waals surface area contributed by atoms with Crippen LogP contribution in [0.4, 0.5) is 0 Å². The lowest BCUT2D eigenvalue weighted by molar-refractivity contribution is 0.555. The highest BCUT2D eigenvalue weighted by Gasteiger charge is 2.04. The van der Waals surface area contributed by atoms with E-state index >= 15 is 0 Å². The monoisotopic (exact) mass is 187 g/mol. The van der Waals surface area contributed by atoms with Gasteiger partial charge in [-0.25, -0.2) is 0 Å². The van der Waals surface area contributed by atoms with E-state index in [0.29, 0.717) is 0 Å². The Morgan fingerprint density at radius 1 is 1.67 bits per heavy atom. The Morgan fingerprint density at radius 2 is 2.42 bits per heavy atom. The molecule has 0 aliphatic rings. The normalized spacial score (nSPS) is 11.8. The third kappa shape index (κ3) is 3.11. The number of nitrogens with two attached hydrogens (primary N) is 1. The van der Waals surface area contributed by atoms with Crippen molar-refractivity contribution in [2.24, 2.45) is 5.73 Å². The van der Waals surface area contributed by atoms with E-state index in [1.165, 1.54) is 0 Å². The van der Waals surface area contributed by atoms with E-state index in [9.17, 15) is 0 Å². The predicted octanol–water partition coefficient (Wildman–Crippen LogP) is 2.67. The zero-order chi connectivity index (χ0) is 8.10. The summed E-state index contributed by atoms with van der Waals surface area (Å²) in [6.07, 6.45) is 7.09. The van der Waals surface area contributed by atoms with Crippen LogP contribution in [0.5, 0.6) is 0 Å². The zero-order valence-electron chi connectivity index (χ0n) is 6.90. The molecular formula is C9H14ClNO. The third-order valence-electron chi connectivity index (χ3n) is 1.65. The molecule has 0 unspecified atom stereocenters. The molecule has 0 amide bonds. The summed E-state index contributed by atoms with van der Waals surface area (Å²) in [5.41, 5.74) is 6.88. The molecule has 1 aromatic rings. The molecule has 0 radical (unpaired) electrons. The number of halogens is 1. The second kappa shape index (κ2) is 5.86. The van der Waals surface area contributed by atoms with Crippen LogP contribution in [0.15, 0.2) is 35.7 Å². The highest BCUT2D eigenvalue weighted by Crippen LogP contribution is 2.15. The standard InChI is InChI=1S/C9H13NO.ClH/c1-2-3-4-9(10)8-5-6-11-7-8;/h2,5-7,9H,1,3-4,10H2;1H/t9-;/m1./s1. The van der Waals surface area contributed by atoms with Gasteiger partial charge in [-0.05, 0) is 18.9 Å². The van der Waals surface area contributed by atoms with Crippen molar-refractivity contribution in [3.63, 3.8) is 0 Å². The number of rotatable bonds is 4. The molecule has 0 spiro atoms. The summed E-state index contributed by atoms with van der Waals surface area (Å²) in [6.45, 7) is 3.63.